The first kappa shape index (κ1) is 23.9. The van der Waals surface area contributed by atoms with E-state index < -0.39 is 0 Å². The molecule has 156 valence electrons. The van der Waals surface area contributed by atoms with Gasteiger partial charge in [0.1, 0.15) is 0 Å². The minimum absolute atomic E-state index is 0.674. The molecule has 0 aromatic carbocycles. The third kappa shape index (κ3) is 14.0. The predicted octanol–water partition coefficient (Wildman–Crippen LogP) is 4.62. The molecule has 1 heterocycles. The zero-order chi connectivity index (χ0) is 19.0. The largest absolute Gasteiger partial charge is 0.379 e. The average molecular weight is 372 g/mol. The number of unbranched alkanes of at least 4 members (excludes halogenated alkanes) is 1. The molecule has 0 amide bonds. The maximum atomic E-state index is 5.70. The summed E-state index contributed by atoms with van der Waals surface area (Å²) in [6.07, 6.45) is 7.84. The zero-order valence-electron chi connectivity index (χ0n) is 18.0. The van der Waals surface area contributed by atoms with Crippen molar-refractivity contribution in [1.82, 2.24) is 4.90 Å². The normalized spacial score (nSPS) is 16.8. The standard InChI is InChI=1S/C22H45NO3/c1-20(2)7-5-6-13-24-15-17-26-18-16-25-14-12-23-10-8-22(9-11-23)19-21(3)4/h20-22H,5-19H2,1-4H3. The Hall–Kier alpha value is -0.160. The number of nitrogens with zero attached hydrogens (tertiary/aromatic N) is 1. The lowest BCUT2D eigenvalue weighted by Crippen LogP contribution is -2.36. The highest BCUT2D eigenvalue weighted by molar-refractivity contribution is 4.73. The first-order valence-electron chi connectivity index (χ1n) is 11.0. The highest BCUT2D eigenvalue weighted by Crippen LogP contribution is 2.23. The molecule has 0 atom stereocenters. The van der Waals surface area contributed by atoms with Gasteiger partial charge >= 0.3 is 0 Å². The molecule has 0 aliphatic carbocycles. The quantitative estimate of drug-likeness (QED) is 0.370. The number of ether oxygens (including phenoxy) is 3. The molecule has 0 aromatic rings. The molecule has 1 rings (SSSR count). The van der Waals surface area contributed by atoms with Gasteiger partial charge in [0.15, 0.2) is 0 Å². The molecule has 0 saturated carbocycles. The fourth-order valence-corrected chi connectivity index (χ4v) is 3.60. The van der Waals surface area contributed by atoms with Crippen molar-refractivity contribution >= 4 is 0 Å². The van der Waals surface area contributed by atoms with Gasteiger partial charge in [-0.3, -0.25) is 0 Å². The summed E-state index contributed by atoms with van der Waals surface area (Å²) in [7, 11) is 0. The van der Waals surface area contributed by atoms with E-state index in [1.807, 2.05) is 0 Å². The second-order valence-corrected chi connectivity index (χ2v) is 8.64. The Labute approximate surface area is 162 Å². The van der Waals surface area contributed by atoms with Gasteiger partial charge in [-0.15, -0.1) is 0 Å². The van der Waals surface area contributed by atoms with E-state index >= 15 is 0 Å². The highest BCUT2D eigenvalue weighted by Gasteiger charge is 2.19. The molecular weight excluding hydrogens is 326 g/mol. The van der Waals surface area contributed by atoms with Crippen LogP contribution in [0.25, 0.3) is 0 Å². The van der Waals surface area contributed by atoms with Gasteiger partial charge in [-0.2, -0.15) is 0 Å². The molecule has 1 aliphatic rings. The topological polar surface area (TPSA) is 30.9 Å². The molecule has 0 bridgehead atoms. The summed E-state index contributed by atoms with van der Waals surface area (Å²) in [5.41, 5.74) is 0. The molecule has 1 fully saturated rings. The Balaban J connectivity index is 1.77. The minimum Gasteiger partial charge on any atom is -0.379 e. The van der Waals surface area contributed by atoms with Crippen molar-refractivity contribution in [1.29, 1.82) is 0 Å². The van der Waals surface area contributed by atoms with Crippen molar-refractivity contribution in [3.63, 3.8) is 0 Å². The smallest absolute Gasteiger partial charge is 0.0701 e. The van der Waals surface area contributed by atoms with Gasteiger partial charge in [-0.1, -0.05) is 40.5 Å². The van der Waals surface area contributed by atoms with Crippen LogP contribution in [0.4, 0.5) is 0 Å². The molecule has 1 saturated heterocycles. The van der Waals surface area contributed by atoms with Crippen molar-refractivity contribution < 1.29 is 14.2 Å². The van der Waals surface area contributed by atoms with Gasteiger partial charge < -0.3 is 19.1 Å². The highest BCUT2D eigenvalue weighted by atomic mass is 16.5. The molecule has 0 radical (unpaired) electrons. The van der Waals surface area contributed by atoms with Crippen molar-refractivity contribution in [2.24, 2.45) is 17.8 Å². The van der Waals surface area contributed by atoms with Crippen LogP contribution in [-0.4, -0.2) is 64.2 Å². The number of likely N-dealkylation sites (tertiary alicyclic amines) is 1. The summed E-state index contributed by atoms with van der Waals surface area (Å²) in [5.74, 6) is 2.58. The number of rotatable bonds is 16. The second kappa shape index (κ2) is 15.9. The fourth-order valence-electron chi connectivity index (χ4n) is 3.60. The van der Waals surface area contributed by atoms with Crippen LogP contribution in [0.5, 0.6) is 0 Å². The summed E-state index contributed by atoms with van der Waals surface area (Å²) in [6, 6.07) is 0. The predicted molar refractivity (Wildman–Crippen MR) is 110 cm³/mol. The SMILES string of the molecule is CC(C)CCCCOCCOCCOCCN1CCC(CC(C)C)CC1. The summed E-state index contributed by atoms with van der Waals surface area (Å²) in [4.78, 5) is 2.55. The summed E-state index contributed by atoms with van der Waals surface area (Å²) in [6.45, 7) is 17.2. The summed E-state index contributed by atoms with van der Waals surface area (Å²) < 4.78 is 16.8. The molecule has 4 nitrogen and oxygen atoms in total. The number of piperidine rings is 1. The molecule has 0 unspecified atom stereocenters. The van der Waals surface area contributed by atoms with Gasteiger partial charge in [0.2, 0.25) is 0 Å². The van der Waals surface area contributed by atoms with E-state index in [0.29, 0.717) is 26.4 Å². The van der Waals surface area contributed by atoms with Crippen molar-refractivity contribution in [3.8, 4) is 0 Å². The molecule has 1 aliphatic heterocycles. The van der Waals surface area contributed by atoms with E-state index in [-0.39, 0.29) is 0 Å². The van der Waals surface area contributed by atoms with E-state index in [9.17, 15) is 0 Å². The van der Waals surface area contributed by atoms with E-state index in [2.05, 4.69) is 32.6 Å². The third-order valence-electron chi connectivity index (χ3n) is 5.13. The lowest BCUT2D eigenvalue weighted by molar-refractivity contribution is 0.00821. The maximum Gasteiger partial charge on any atom is 0.0701 e. The van der Waals surface area contributed by atoms with Gasteiger partial charge in [0.05, 0.1) is 33.0 Å². The van der Waals surface area contributed by atoms with E-state index in [4.69, 9.17) is 14.2 Å². The van der Waals surface area contributed by atoms with Gasteiger partial charge in [0, 0.05) is 13.2 Å². The maximum absolute atomic E-state index is 5.70. The van der Waals surface area contributed by atoms with Gasteiger partial charge in [-0.25, -0.2) is 0 Å². The molecular formula is C22H45NO3. The van der Waals surface area contributed by atoms with E-state index in [1.54, 1.807) is 0 Å². The first-order valence-corrected chi connectivity index (χ1v) is 11.0. The van der Waals surface area contributed by atoms with Crippen molar-refractivity contribution in [2.45, 2.75) is 66.2 Å². The fraction of sp³-hybridized carbons (Fsp3) is 1.00. The minimum atomic E-state index is 0.674. The monoisotopic (exact) mass is 371 g/mol. The van der Waals surface area contributed by atoms with Crippen LogP contribution in [0.2, 0.25) is 0 Å². The molecule has 26 heavy (non-hydrogen) atoms. The van der Waals surface area contributed by atoms with Crippen LogP contribution in [0.15, 0.2) is 0 Å². The Kier molecular flexibility index (Phi) is 14.6. The summed E-state index contributed by atoms with van der Waals surface area (Å²) >= 11 is 0. The van der Waals surface area contributed by atoms with E-state index in [0.717, 1.165) is 43.9 Å². The zero-order valence-corrected chi connectivity index (χ0v) is 18.0. The second-order valence-electron chi connectivity index (χ2n) is 8.64. The van der Waals surface area contributed by atoms with Crippen LogP contribution in [-0.2, 0) is 14.2 Å². The lowest BCUT2D eigenvalue weighted by atomic mass is 9.89. The van der Waals surface area contributed by atoms with Crippen LogP contribution < -0.4 is 0 Å². The van der Waals surface area contributed by atoms with Crippen LogP contribution in [0, 0.1) is 17.8 Å². The van der Waals surface area contributed by atoms with Crippen LogP contribution in [0.1, 0.15) is 66.2 Å². The van der Waals surface area contributed by atoms with Gasteiger partial charge in [0.25, 0.3) is 0 Å². The summed E-state index contributed by atoms with van der Waals surface area (Å²) in [5, 5.41) is 0. The molecule has 4 heteroatoms. The Morgan fingerprint density at radius 2 is 1.31 bits per heavy atom. The molecule has 0 spiro atoms. The average Bonchev–Trinajstić information content (AvgIpc) is 2.59. The van der Waals surface area contributed by atoms with Crippen LogP contribution in [0.3, 0.4) is 0 Å². The first-order chi connectivity index (χ1) is 12.6. The molecule has 0 N–H and O–H groups in total. The Morgan fingerprint density at radius 3 is 1.88 bits per heavy atom. The van der Waals surface area contributed by atoms with E-state index in [1.165, 1.54) is 45.2 Å². The molecule has 0 aromatic heterocycles. The van der Waals surface area contributed by atoms with Crippen molar-refractivity contribution in [2.75, 3.05) is 59.3 Å². The van der Waals surface area contributed by atoms with Gasteiger partial charge in [-0.05, 0) is 56.5 Å². The van der Waals surface area contributed by atoms with Crippen LogP contribution >= 0.6 is 0 Å². The number of hydrogen-bond acceptors (Lipinski definition) is 4. The van der Waals surface area contributed by atoms with Crippen molar-refractivity contribution in [3.05, 3.63) is 0 Å². The lowest BCUT2D eigenvalue weighted by Gasteiger charge is -2.32. The third-order valence-corrected chi connectivity index (χ3v) is 5.13. The Bertz CT molecular complexity index is 302. The Morgan fingerprint density at radius 1 is 0.731 bits per heavy atom. The number of hydrogen-bond donors (Lipinski definition) is 0.